The largest absolute Gasteiger partial charge is 0.316 e. The molecule has 1 aromatic carbocycles. The molecule has 0 amide bonds. The first-order valence-electron chi connectivity index (χ1n) is 5.84. The Morgan fingerprint density at radius 2 is 2.00 bits per heavy atom. The number of nitrogens with one attached hydrogen (secondary N) is 2. The number of benzene rings is 1. The van der Waals surface area contributed by atoms with Gasteiger partial charge in [-0.05, 0) is 19.0 Å². The van der Waals surface area contributed by atoms with Gasteiger partial charge in [-0.15, -0.1) is 0 Å². The van der Waals surface area contributed by atoms with E-state index in [1.54, 1.807) is 6.92 Å². The standard InChI is InChI=1S/C11H17N3O4S/c1-3-12-6-7-13-19(17,18)11-8-10(14(15)16)5-4-9(11)2/h4-5,8,12-13H,3,6-7H2,1-2H3. The van der Waals surface area contributed by atoms with Gasteiger partial charge in [0.25, 0.3) is 5.69 Å². The van der Waals surface area contributed by atoms with Gasteiger partial charge in [0.2, 0.25) is 10.0 Å². The molecule has 2 N–H and O–H groups in total. The highest BCUT2D eigenvalue weighted by Gasteiger charge is 2.19. The molecule has 0 spiro atoms. The molecule has 0 atom stereocenters. The summed E-state index contributed by atoms with van der Waals surface area (Å²) < 4.78 is 26.5. The van der Waals surface area contributed by atoms with Crippen LogP contribution in [0.25, 0.3) is 0 Å². The summed E-state index contributed by atoms with van der Waals surface area (Å²) in [4.78, 5) is 10.00. The van der Waals surface area contributed by atoms with Crippen LogP contribution in [0.15, 0.2) is 23.1 Å². The monoisotopic (exact) mass is 287 g/mol. The number of rotatable bonds is 7. The number of hydrogen-bond acceptors (Lipinski definition) is 5. The van der Waals surface area contributed by atoms with Crippen molar-refractivity contribution in [2.24, 2.45) is 0 Å². The molecule has 0 aliphatic heterocycles. The molecule has 0 aromatic heterocycles. The molecule has 0 bridgehead atoms. The molecule has 0 fully saturated rings. The molecular formula is C11H17N3O4S. The Balaban J connectivity index is 2.94. The minimum Gasteiger partial charge on any atom is -0.316 e. The normalized spacial score (nSPS) is 11.5. The average molecular weight is 287 g/mol. The second-order valence-corrected chi connectivity index (χ2v) is 5.69. The van der Waals surface area contributed by atoms with Crippen LogP contribution in [0.2, 0.25) is 0 Å². The molecule has 0 aliphatic rings. The molecule has 1 aromatic rings. The fourth-order valence-corrected chi connectivity index (χ4v) is 2.81. The molecule has 0 unspecified atom stereocenters. The van der Waals surface area contributed by atoms with Crippen LogP contribution in [-0.4, -0.2) is 33.0 Å². The number of nitro benzene ring substituents is 1. The minimum absolute atomic E-state index is 0.0572. The molecule has 7 nitrogen and oxygen atoms in total. The van der Waals surface area contributed by atoms with Crippen molar-refractivity contribution in [3.63, 3.8) is 0 Å². The average Bonchev–Trinajstić information content (AvgIpc) is 2.34. The fraction of sp³-hybridized carbons (Fsp3) is 0.455. The second-order valence-electron chi connectivity index (χ2n) is 3.96. The SMILES string of the molecule is CCNCCNS(=O)(=O)c1cc([N+](=O)[O-])ccc1C. The zero-order valence-electron chi connectivity index (χ0n) is 10.8. The number of likely N-dealkylation sites (N-methyl/N-ethyl adjacent to an activating group) is 1. The summed E-state index contributed by atoms with van der Waals surface area (Å²) in [6.45, 7) is 5.00. The summed E-state index contributed by atoms with van der Waals surface area (Å²) in [6.07, 6.45) is 0. The Labute approximate surface area is 112 Å². The molecule has 0 saturated carbocycles. The van der Waals surface area contributed by atoms with E-state index in [0.29, 0.717) is 12.1 Å². The topological polar surface area (TPSA) is 101 Å². The second kappa shape index (κ2) is 6.60. The molecule has 106 valence electrons. The van der Waals surface area contributed by atoms with Crippen LogP contribution in [0.3, 0.4) is 0 Å². The van der Waals surface area contributed by atoms with Gasteiger partial charge in [0.05, 0.1) is 9.82 Å². The fourth-order valence-electron chi connectivity index (χ4n) is 1.52. The predicted molar refractivity (Wildman–Crippen MR) is 71.6 cm³/mol. The minimum atomic E-state index is -3.72. The van der Waals surface area contributed by atoms with E-state index in [4.69, 9.17) is 0 Å². The Hall–Kier alpha value is -1.51. The Bertz CT molecular complexity index is 557. The van der Waals surface area contributed by atoms with E-state index in [9.17, 15) is 18.5 Å². The van der Waals surface area contributed by atoms with Crippen LogP contribution in [0.5, 0.6) is 0 Å². The number of non-ortho nitro benzene ring substituents is 1. The van der Waals surface area contributed by atoms with Crippen LogP contribution in [0.4, 0.5) is 5.69 Å². The lowest BCUT2D eigenvalue weighted by Crippen LogP contribution is -2.32. The third-order valence-electron chi connectivity index (χ3n) is 2.52. The first kappa shape index (κ1) is 15.5. The van der Waals surface area contributed by atoms with Crippen LogP contribution in [-0.2, 0) is 10.0 Å². The molecule has 0 heterocycles. The van der Waals surface area contributed by atoms with Crippen LogP contribution >= 0.6 is 0 Å². The summed E-state index contributed by atoms with van der Waals surface area (Å²) in [5.74, 6) is 0. The van der Waals surface area contributed by atoms with Gasteiger partial charge in [-0.3, -0.25) is 10.1 Å². The number of aryl methyl sites for hydroxylation is 1. The zero-order chi connectivity index (χ0) is 14.5. The summed E-state index contributed by atoms with van der Waals surface area (Å²) in [5.41, 5.74) is 0.235. The van der Waals surface area contributed by atoms with Crippen molar-refractivity contribution >= 4 is 15.7 Å². The predicted octanol–water partition coefficient (Wildman–Crippen LogP) is 0.791. The number of hydrogen-bond donors (Lipinski definition) is 2. The molecular weight excluding hydrogens is 270 g/mol. The van der Waals surface area contributed by atoms with E-state index in [1.165, 1.54) is 12.1 Å². The quantitative estimate of drug-likeness (QED) is 0.438. The van der Waals surface area contributed by atoms with E-state index in [0.717, 1.165) is 12.6 Å². The lowest BCUT2D eigenvalue weighted by atomic mass is 10.2. The van der Waals surface area contributed by atoms with Crippen LogP contribution < -0.4 is 10.0 Å². The van der Waals surface area contributed by atoms with Gasteiger partial charge in [0.1, 0.15) is 0 Å². The molecule has 1 rings (SSSR count). The Morgan fingerprint density at radius 1 is 1.32 bits per heavy atom. The van der Waals surface area contributed by atoms with Crippen molar-refractivity contribution in [3.8, 4) is 0 Å². The summed E-state index contributed by atoms with van der Waals surface area (Å²) >= 11 is 0. The molecule has 0 aliphatic carbocycles. The van der Waals surface area contributed by atoms with Gasteiger partial charge in [-0.2, -0.15) is 0 Å². The maximum Gasteiger partial charge on any atom is 0.270 e. The van der Waals surface area contributed by atoms with Crippen molar-refractivity contribution in [1.29, 1.82) is 0 Å². The maximum atomic E-state index is 12.0. The molecule has 8 heteroatoms. The van der Waals surface area contributed by atoms with Crippen LogP contribution in [0, 0.1) is 17.0 Å². The number of nitrogens with zero attached hydrogens (tertiary/aromatic N) is 1. The molecule has 0 radical (unpaired) electrons. The molecule has 0 saturated heterocycles. The van der Waals surface area contributed by atoms with Gasteiger partial charge >= 0.3 is 0 Å². The van der Waals surface area contributed by atoms with Gasteiger partial charge in [0.15, 0.2) is 0 Å². The molecule has 19 heavy (non-hydrogen) atoms. The zero-order valence-corrected chi connectivity index (χ0v) is 11.7. The van der Waals surface area contributed by atoms with Crippen molar-refractivity contribution in [1.82, 2.24) is 10.0 Å². The van der Waals surface area contributed by atoms with Gasteiger partial charge < -0.3 is 5.32 Å². The highest BCUT2D eigenvalue weighted by Crippen LogP contribution is 2.21. The highest BCUT2D eigenvalue weighted by atomic mass is 32.2. The number of sulfonamides is 1. The first-order chi connectivity index (χ1) is 8.88. The smallest absolute Gasteiger partial charge is 0.270 e. The lowest BCUT2D eigenvalue weighted by Gasteiger charge is -2.09. The number of nitro groups is 1. The van der Waals surface area contributed by atoms with E-state index in [1.807, 2.05) is 6.92 Å². The van der Waals surface area contributed by atoms with Crippen molar-refractivity contribution < 1.29 is 13.3 Å². The van der Waals surface area contributed by atoms with Crippen molar-refractivity contribution in [2.45, 2.75) is 18.7 Å². The third-order valence-corrected chi connectivity index (χ3v) is 4.12. The van der Waals surface area contributed by atoms with Crippen molar-refractivity contribution in [2.75, 3.05) is 19.6 Å². The summed E-state index contributed by atoms with van der Waals surface area (Å²) in [6, 6.07) is 3.79. The summed E-state index contributed by atoms with van der Waals surface area (Å²) in [5, 5.41) is 13.7. The first-order valence-corrected chi connectivity index (χ1v) is 7.32. The van der Waals surface area contributed by atoms with E-state index < -0.39 is 14.9 Å². The van der Waals surface area contributed by atoms with Crippen LogP contribution in [0.1, 0.15) is 12.5 Å². The van der Waals surface area contributed by atoms with E-state index in [-0.39, 0.29) is 17.1 Å². The lowest BCUT2D eigenvalue weighted by molar-refractivity contribution is -0.385. The third kappa shape index (κ3) is 4.27. The van der Waals surface area contributed by atoms with Gasteiger partial charge in [0, 0.05) is 25.2 Å². The van der Waals surface area contributed by atoms with E-state index in [2.05, 4.69) is 10.0 Å². The summed E-state index contributed by atoms with van der Waals surface area (Å²) in [7, 11) is -3.72. The van der Waals surface area contributed by atoms with Gasteiger partial charge in [-0.25, -0.2) is 13.1 Å². The Kier molecular flexibility index (Phi) is 5.40. The van der Waals surface area contributed by atoms with Gasteiger partial charge in [-0.1, -0.05) is 13.0 Å². The van der Waals surface area contributed by atoms with E-state index >= 15 is 0 Å². The van der Waals surface area contributed by atoms with Crippen molar-refractivity contribution in [3.05, 3.63) is 33.9 Å². The maximum absolute atomic E-state index is 12.0. The highest BCUT2D eigenvalue weighted by molar-refractivity contribution is 7.89. The Morgan fingerprint density at radius 3 is 2.58 bits per heavy atom.